The first-order chi connectivity index (χ1) is 14.8. The number of halogens is 1. The van der Waals surface area contributed by atoms with Gasteiger partial charge in [-0.25, -0.2) is 14.5 Å². The van der Waals surface area contributed by atoms with E-state index in [4.69, 9.17) is 21.4 Å². The monoisotopic (exact) mass is 442 g/mol. The Morgan fingerprint density at radius 3 is 2.42 bits per heavy atom. The van der Waals surface area contributed by atoms with Crippen molar-refractivity contribution in [1.82, 2.24) is 0 Å². The van der Waals surface area contributed by atoms with Crippen LogP contribution in [-0.2, 0) is 14.3 Å². The summed E-state index contributed by atoms with van der Waals surface area (Å²) in [7, 11) is 0. The number of hydrogen-bond acceptors (Lipinski definition) is 6. The Morgan fingerprint density at radius 1 is 1.06 bits per heavy atom. The van der Waals surface area contributed by atoms with Gasteiger partial charge in [-0.1, -0.05) is 31.0 Å². The molecule has 31 heavy (non-hydrogen) atoms. The molecule has 0 bridgehead atoms. The maximum atomic E-state index is 12.8. The van der Waals surface area contributed by atoms with Gasteiger partial charge in [0.15, 0.2) is 0 Å². The third kappa shape index (κ3) is 4.75. The average Bonchev–Trinajstić information content (AvgIpc) is 2.97. The van der Waals surface area contributed by atoms with Gasteiger partial charge in [-0.2, -0.15) is 0 Å². The quantitative estimate of drug-likeness (QED) is 0.363. The number of aromatic carboxylic acids is 1. The molecule has 2 amide bonds. The van der Waals surface area contributed by atoms with Crippen molar-refractivity contribution in [2.24, 2.45) is 0 Å². The lowest BCUT2D eigenvalue weighted by Gasteiger charge is -2.15. The highest BCUT2D eigenvalue weighted by molar-refractivity contribution is 6.53. The first-order valence-corrected chi connectivity index (χ1v) is 9.87. The molecule has 0 radical (unpaired) electrons. The number of carbonyl (C=O) groups excluding carboxylic acids is 3. The fourth-order valence-corrected chi connectivity index (χ4v) is 3.07. The van der Waals surface area contributed by atoms with Crippen molar-refractivity contribution >= 4 is 46.7 Å². The molecule has 8 nitrogen and oxygen atoms in total. The highest BCUT2D eigenvalue weighted by atomic mass is 35.5. The molecule has 0 saturated carbocycles. The number of carboxylic acids is 1. The van der Waals surface area contributed by atoms with Crippen LogP contribution < -0.4 is 10.2 Å². The summed E-state index contributed by atoms with van der Waals surface area (Å²) in [4.78, 5) is 49.4. The molecular formula is C22H19ClN2O6. The van der Waals surface area contributed by atoms with Gasteiger partial charge in [-0.15, -0.1) is 0 Å². The van der Waals surface area contributed by atoms with Crippen molar-refractivity contribution in [2.75, 3.05) is 16.8 Å². The van der Waals surface area contributed by atoms with E-state index in [1.54, 1.807) is 6.07 Å². The maximum Gasteiger partial charge on any atom is 0.338 e. The molecule has 0 unspecified atom stereocenters. The van der Waals surface area contributed by atoms with Crippen LogP contribution in [-0.4, -0.2) is 35.5 Å². The number of hydrogen-bond donors (Lipinski definition) is 2. The van der Waals surface area contributed by atoms with Crippen molar-refractivity contribution in [1.29, 1.82) is 0 Å². The number of carboxylic acid groups (broad SMARTS) is 1. The van der Waals surface area contributed by atoms with Gasteiger partial charge in [0.2, 0.25) is 0 Å². The van der Waals surface area contributed by atoms with Crippen molar-refractivity contribution in [3.63, 3.8) is 0 Å². The second-order valence-electron chi connectivity index (χ2n) is 6.68. The number of ether oxygens (including phenoxy) is 1. The number of anilines is 2. The summed E-state index contributed by atoms with van der Waals surface area (Å²) in [6.45, 7) is 2.30. The van der Waals surface area contributed by atoms with E-state index >= 15 is 0 Å². The molecule has 1 aliphatic heterocycles. The Morgan fingerprint density at radius 2 is 1.77 bits per heavy atom. The van der Waals surface area contributed by atoms with Crippen LogP contribution in [0.2, 0.25) is 0 Å². The number of amides is 2. The zero-order chi connectivity index (χ0) is 22.5. The van der Waals surface area contributed by atoms with Crippen LogP contribution in [0.5, 0.6) is 0 Å². The highest BCUT2D eigenvalue weighted by Gasteiger charge is 2.39. The molecule has 1 aliphatic rings. The van der Waals surface area contributed by atoms with Crippen LogP contribution in [0.15, 0.2) is 59.3 Å². The van der Waals surface area contributed by atoms with Gasteiger partial charge in [0, 0.05) is 5.69 Å². The second kappa shape index (κ2) is 9.44. The van der Waals surface area contributed by atoms with Gasteiger partial charge in [-0.05, 0) is 48.9 Å². The number of unbranched alkanes of at least 4 members (excludes halogenated alkanes) is 1. The second-order valence-corrected chi connectivity index (χ2v) is 7.06. The topological polar surface area (TPSA) is 113 Å². The van der Waals surface area contributed by atoms with Crippen LogP contribution in [0, 0.1) is 0 Å². The molecule has 0 spiro atoms. The Hall–Kier alpha value is -3.65. The summed E-state index contributed by atoms with van der Waals surface area (Å²) in [5, 5.41) is 11.5. The number of imide groups is 1. The van der Waals surface area contributed by atoms with E-state index in [2.05, 4.69) is 5.32 Å². The van der Waals surface area contributed by atoms with Gasteiger partial charge in [0.1, 0.15) is 10.7 Å². The van der Waals surface area contributed by atoms with Gasteiger partial charge >= 0.3 is 11.9 Å². The van der Waals surface area contributed by atoms with E-state index in [0.29, 0.717) is 17.9 Å². The SMILES string of the molecule is CCCCOC(=O)c1ccc(N2C(=O)C(Cl)=C(Nc3cccc(C(=O)O)c3)C2=O)cc1. The average molecular weight is 443 g/mol. The standard InChI is InChI=1S/C22H19ClN2O6/c1-2-3-11-31-22(30)13-7-9-16(10-8-13)25-19(26)17(23)18(20(25)27)24-15-6-4-5-14(12-15)21(28)29/h4-10,12,24H,2-3,11H2,1H3,(H,28,29). The van der Waals surface area contributed by atoms with Gasteiger partial charge in [0.25, 0.3) is 11.8 Å². The Bertz CT molecular complexity index is 1080. The Balaban J connectivity index is 1.77. The minimum atomic E-state index is -1.13. The van der Waals surface area contributed by atoms with Crippen LogP contribution >= 0.6 is 11.6 Å². The number of esters is 1. The predicted molar refractivity (Wildman–Crippen MR) is 114 cm³/mol. The van der Waals surface area contributed by atoms with Crippen molar-refractivity contribution < 1.29 is 29.0 Å². The van der Waals surface area contributed by atoms with E-state index in [9.17, 15) is 19.2 Å². The van der Waals surface area contributed by atoms with Crippen molar-refractivity contribution in [3.05, 3.63) is 70.4 Å². The Labute approximate surface area is 183 Å². The molecule has 9 heteroatoms. The highest BCUT2D eigenvalue weighted by Crippen LogP contribution is 2.30. The van der Waals surface area contributed by atoms with E-state index in [0.717, 1.165) is 17.7 Å². The van der Waals surface area contributed by atoms with E-state index in [-0.39, 0.29) is 22.0 Å². The lowest BCUT2D eigenvalue weighted by atomic mass is 10.2. The molecule has 0 aromatic heterocycles. The fraction of sp³-hybridized carbons (Fsp3) is 0.182. The molecule has 160 valence electrons. The smallest absolute Gasteiger partial charge is 0.338 e. The summed E-state index contributed by atoms with van der Waals surface area (Å²) in [6, 6.07) is 11.6. The molecule has 0 fully saturated rings. The first-order valence-electron chi connectivity index (χ1n) is 9.49. The van der Waals surface area contributed by atoms with E-state index in [1.165, 1.54) is 42.5 Å². The normalized spacial score (nSPS) is 13.5. The lowest BCUT2D eigenvalue weighted by Crippen LogP contribution is -2.32. The largest absolute Gasteiger partial charge is 0.478 e. The number of nitrogens with one attached hydrogen (secondary N) is 1. The molecule has 2 aromatic carbocycles. The van der Waals surface area contributed by atoms with E-state index < -0.39 is 23.8 Å². The number of nitrogens with zero attached hydrogens (tertiary/aromatic N) is 1. The zero-order valence-electron chi connectivity index (χ0n) is 16.6. The van der Waals surface area contributed by atoms with Crippen molar-refractivity contribution in [3.8, 4) is 0 Å². The molecule has 2 aromatic rings. The zero-order valence-corrected chi connectivity index (χ0v) is 17.3. The predicted octanol–water partition coefficient (Wildman–Crippen LogP) is 3.78. The number of benzene rings is 2. The summed E-state index contributed by atoms with van der Waals surface area (Å²) >= 11 is 6.09. The molecule has 0 saturated heterocycles. The third-order valence-corrected chi connectivity index (χ3v) is 4.85. The maximum absolute atomic E-state index is 12.8. The molecule has 1 heterocycles. The molecule has 0 aliphatic carbocycles. The third-order valence-electron chi connectivity index (χ3n) is 4.50. The van der Waals surface area contributed by atoms with Crippen LogP contribution in [0.4, 0.5) is 11.4 Å². The summed E-state index contributed by atoms with van der Waals surface area (Å²) in [5.74, 6) is -3.06. The summed E-state index contributed by atoms with van der Waals surface area (Å²) < 4.78 is 5.14. The molecular weight excluding hydrogens is 424 g/mol. The van der Waals surface area contributed by atoms with Crippen LogP contribution in [0.1, 0.15) is 40.5 Å². The minimum absolute atomic E-state index is 0.0109. The molecule has 2 N–H and O–H groups in total. The van der Waals surface area contributed by atoms with Crippen LogP contribution in [0.25, 0.3) is 0 Å². The van der Waals surface area contributed by atoms with Gasteiger partial charge in [-0.3, -0.25) is 9.59 Å². The summed E-state index contributed by atoms with van der Waals surface area (Å²) in [6.07, 6.45) is 1.66. The molecule has 3 rings (SSSR count). The lowest BCUT2D eigenvalue weighted by molar-refractivity contribution is -0.120. The van der Waals surface area contributed by atoms with Gasteiger partial charge < -0.3 is 15.2 Å². The molecule has 0 atom stereocenters. The van der Waals surface area contributed by atoms with Gasteiger partial charge in [0.05, 0.1) is 23.4 Å². The van der Waals surface area contributed by atoms with E-state index in [1.807, 2.05) is 6.92 Å². The minimum Gasteiger partial charge on any atom is -0.478 e. The Kier molecular flexibility index (Phi) is 6.71. The summed E-state index contributed by atoms with van der Waals surface area (Å²) in [5.41, 5.74) is 0.659. The fourth-order valence-electron chi connectivity index (χ4n) is 2.86. The number of carbonyl (C=O) groups is 4. The number of rotatable bonds is 8. The first kappa shape index (κ1) is 22.0. The van der Waals surface area contributed by atoms with Crippen LogP contribution in [0.3, 0.4) is 0 Å². The van der Waals surface area contributed by atoms with Crippen molar-refractivity contribution in [2.45, 2.75) is 19.8 Å².